The van der Waals surface area contributed by atoms with Crippen molar-refractivity contribution in [3.8, 4) is 12.3 Å². The summed E-state index contributed by atoms with van der Waals surface area (Å²) in [4.78, 5) is 25.0. The van der Waals surface area contributed by atoms with E-state index in [4.69, 9.17) is 11.5 Å². The maximum absolute atomic E-state index is 11.0. The molecular formula is C14H9N3O4. The molecule has 0 amide bonds. The Kier molecular flexibility index (Phi) is 3.81. The minimum absolute atomic E-state index is 0.158. The summed E-state index contributed by atoms with van der Waals surface area (Å²) in [6.07, 6.45) is 5.27. The molecule has 2 aromatic rings. The average molecular weight is 283 g/mol. The number of hydrogen-bond acceptors (Lipinski definition) is 5. The lowest BCUT2D eigenvalue weighted by atomic mass is 10.2. The first-order valence-electron chi connectivity index (χ1n) is 5.73. The highest BCUT2D eigenvalue weighted by Crippen LogP contribution is 2.26. The van der Waals surface area contributed by atoms with Crippen molar-refractivity contribution >= 4 is 23.2 Å². The number of nitro groups is 1. The van der Waals surface area contributed by atoms with Gasteiger partial charge in [0.2, 0.25) is 5.82 Å². The maximum atomic E-state index is 11.0. The summed E-state index contributed by atoms with van der Waals surface area (Å²) in [5.74, 6) is 1.00. The molecule has 0 fully saturated rings. The Morgan fingerprint density at radius 2 is 2.14 bits per heavy atom. The molecule has 0 saturated heterocycles. The van der Waals surface area contributed by atoms with Crippen molar-refractivity contribution in [3.63, 3.8) is 0 Å². The van der Waals surface area contributed by atoms with E-state index in [0.717, 1.165) is 12.1 Å². The SMILES string of the molecule is C#Cc1cccc(Nc2nc(C(=O)O)ccc2[N+](=O)[O-])c1. The lowest BCUT2D eigenvalue weighted by Gasteiger charge is -2.07. The van der Waals surface area contributed by atoms with Crippen LogP contribution in [0.25, 0.3) is 0 Å². The summed E-state index contributed by atoms with van der Waals surface area (Å²) in [5.41, 5.74) is 0.433. The van der Waals surface area contributed by atoms with Crippen molar-refractivity contribution in [2.75, 3.05) is 5.32 Å². The number of nitrogens with zero attached hydrogens (tertiary/aromatic N) is 2. The Bertz CT molecular complexity index is 765. The van der Waals surface area contributed by atoms with Gasteiger partial charge in [-0.15, -0.1) is 6.42 Å². The number of anilines is 2. The normalized spacial score (nSPS) is 9.67. The van der Waals surface area contributed by atoms with Crippen molar-refractivity contribution in [1.29, 1.82) is 0 Å². The van der Waals surface area contributed by atoms with E-state index >= 15 is 0 Å². The Balaban J connectivity index is 2.45. The van der Waals surface area contributed by atoms with Crippen LogP contribution in [0.15, 0.2) is 36.4 Å². The van der Waals surface area contributed by atoms with E-state index in [1.165, 1.54) is 0 Å². The van der Waals surface area contributed by atoms with E-state index in [9.17, 15) is 14.9 Å². The van der Waals surface area contributed by atoms with Gasteiger partial charge in [-0.1, -0.05) is 12.0 Å². The minimum Gasteiger partial charge on any atom is -0.477 e. The molecule has 1 aromatic heterocycles. The molecule has 7 nitrogen and oxygen atoms in total. The van der Waals surface area contributed by atoms with Crippen molar-refractivity contribution in [1.82, 2.24) is 4.98 Å². The third-order valence-corrected chi connectivity index (χ3v) is 2.58. The number of carbonyl (C=O) groups is 1. The van der Waals surface area contributed by atoms with Crippen molar-refractivity contribution < 1.29 is 14.8 Å². The zero-order chi connectivity index (χ0) is 15.4. The molecule has 104 valence electrons. The van der Waals surface area contributed by atoms with Gasteiger partial charge in [0.25, 0.3) is 0 Å². The second-order valence-corrected chi connectivity index (χ2v) is 3.98. The molecule has 0 radical (unpaired) electrons. The van der Waals surface area contributed by atoms with Gasteiger partial charge in [-0.25, -0.2) is 9.78 Å². The molecule has 2 N–H and O–H groups in total. The fraction of sp³-hybridized carbons (Fsp3) is 0. The highest BCUT2D eigenvalue weighted by atomic mass is 16.6. The molecule has 2 rings (SSSR count). The number of benzene rings is 1. The Hall–Kier alpha value is -3.40. The van der Waals surface area contributed by atoms with Crippen LogP contribution >= 0.6 is 0 Å². The molecule has 21 heavy (non-hydrogen) atoms. The lowest BCUT2D eigenvalue weighted by molar-refractivity contribution is -0.384. The number of carboxylic acids is 1. The van der Waals surface area contributed by atoms with Gasteiger partial charge in [-0.2, -0.15) is 0 Å². The number of pyridine rings is 1. The topological polar surface area (TPSA) is 105 Å². The van der Waals surface area contributed by atoms with Crippen LogP contribution in [0.2, 0.25) is 0 Å². The molecule has 0 aliphatic rings. The highest BCUT2D eigenvalue weighted by molar-refractivity contribution is 5.86. The third-order valence-electron chi connectivity index (χ3n) is 2.58. The van der Waals surface area contributed by atoms with E-state index < -0.39 is 10.9 Å². The predicted octanol–water partition coefficient (Wildman–Crippen LogP) is 2.41. The molecule has 0 saturated carbocycles. The molecule has 7 heteroatoms. The first-order valence-corrected chi connectivity index (χ1v) is 5.73. The molecule has 0 atom stereocenters. The van der Waals surface area contributed by atoms with Crippen LogP contribution in [-0.4, -0.2) is 21.0 Å². The number of nitrogens with one attached hydrogen (secondary N) is 1. The fourth-order valence-electron chi connectivity index (χ4n) is 1.63. The Morgan fingerprint density at radius 1 is 1.38 bits per heavy atom. The Labute approximate surface area is 119 Å². The molecule has 1 heterocycles. The van der Waals surface area contributed by atoms with Gasteiger partial charge in [-0.05, 0) is 24.3 Å². The van der Waals surface area contributed by atoms with E-state index in [0.29, 0.717) is 11.3 Å². The average Bonchev–Trinajstić information content (AvgIpc) is 2.47. The van der Waals surface area contributed by atoms with Gasteiger partial charge < -0.3 is 10.4 Å². The molecular weight excluding hydrogens is 274 g/mol. The first kappa shape index (κ1) is 14.0. The summed E-state index contributed by atoms with van der Waals surface area (Å²) in [6, 6.07) is 8.76. The summed E-state index contributed by atoms with van der Waals surface area (Å²) < 4.78 is 0. The van der Waals surface area contributed by atoms with Crippen LogP contribution in [0.5, 0.6) is 0 Å². The molecule has 0 unspecified atom stereocenters. The maximum Gasteiger partial charge on any atom is 0.354 e. The lowest BCUT2D eigenvalue weighted by Crippen LogP contribution is -2.06. The monoisotopic (exact) mass is 283 g/mol. The van der Waals surface area contributed by atoms with E-state index in [1.54, 1.807) is 24.3 Å². The third kappa shape index (κ3) is 3.13. The van der Waals surface area contributed by atoms with Crippen LogP contribution in [0.3, 0.4) is 0 Å². The quantitative estimate of drug-likeness (QED) is 0.507. The summed E-state index contributed by atoms with van der Waals surface area (Å²) in [6.45, 7) is 0. The summed E-state index contributed by atoms with van der Waals surface area (Å²) >= 11 is 0. The number of aromatic carboxylic acids is 1. The predicted molar refractivity (Wildman–Crippen MR) is 75.5 cm³/mol. The van der Waals surface area contributed by atoms with Gasteiger partial charge in [-0.3, -0.25) is 10.1 Å². The van der Waals surface area contributed by atoms with Crippen LogP contribution in [-0.2, 0) is 0 Å². The number of hydrogen-bond donors (Lipinski definition) is 2. The number of carboxylic acid groups (broad SMARTS) is 1. The van der Waals surface area contributed by atoms with Gasteiger partial charge in [0.15, 0.2) is 5.69 Å². The largest absolute Gasteiger partial charge is 0.477 e. The highest BCUT2D eigenvalue weighted by Gasteiger charge is 2.18. The first-order chi connectivity index (χ1) is 10.0. The molecule has 0 aliphatic carbocycles. The number of rotatable bonds is 4. The van der Waals surface area contributed by atoms with E-state index in [1.807, 2.05) is 0 Å². The smallest absolute Gasteiger partial charge is 0.354 e. The van der Waals surface area contributed by atoms with Crippen molar-refractivity contribution in [2.24, 2.45) is 0 Å². The van der Waals surface area contributed by atoms with Crippen LogP contribution < -0.4 is 5.32 Å². The van der Waals surface area contributed by atoms with E-state index in [-0.39, 0.29) is 17.2 Å². The Morgan fingerprint density at radius 3 is 2.76 bits per heavy atom. The second kappa shape index (κ2) is 5.71. The molecule has 1 aromatic carbocycles. The number of aromatic nitrogens is 1. The minimum atomic E-state index is -1.27. The molecule has 0 aliphatic heterocycles. The van der Waals surface area contributed by atoms with Gasteiger partial charge in [0.1, 0.15) is 0 Å². The summed E-state index contributed by atoms with van der Waals surface area (Å²) in [5, 5.41) is 22.6. The fourth-order valence-corrected chi connectivity index (χ4v) is 1.63. The summed E-state index contributed by atoms with van der Waals surface area (Å²) in [7, 11) is 0. The van der Waals surface area contributed by atoms with Crippen LogP contribution in [0.1, 0.15) is 16.1 Å². The molecule has 0 spiro atoms. The number of terminal acetylenes is 1. The van der Waals surface area contributed by atoms with Crippen molar-refractivity contribution in [2.45, 2.75) is 0 Å². The zero-order valence-corrected chi connectivity index (χ0v) is 10.6. The van der Waals surface area contributed by atoms with Crippen LogP contribution in [0.4, 0.5) is 17.2 Å². The molecule has 0 bridgehead atoms. The second-order valence-electron chi connectivity index (χ2n) is 3.98. The van der Waals surface area contributed by atoms with Crippen molar-refractivity contribution in [3.05, 3.63) is 57.8 Å². The van der Waals surface area contributed by atoms with E-state index in [2.05, 4.69) is 16.2 Å². The van der Waals surface area contributed by atoms with Gasteiger partial charge >= 0.3 is 11.7 Å². The van der Waals surface area contributed by atoms with Gasteiger partial charge in [0.05, 0.1) is 4.92 Å². The van der Waals surface area contributed by atoms with Crippen LogP contribution in [0, 0.1) is 22.5 Å². The zero-order valence-electron chi connectivity index (χ0n) is 10.6. The van der Waals surface area contributed by atoms with Gasteiger partial charge in [0, 0.05) is 17.3 Å². The standard InChI is InChI=1S/C14H9N3O4/c1-2-9-4-3-5-10(8-9)15-13-12(17(20)21)7-6-11(16-13)14(18)19/h1,3-8H,(H,15,16)(H,18,19).